The van der Waals surface area contributed by atoms with Crippen LogP contribution < -0.4 is 0 Å². The zero-order valence-corrected chi connectivity index (χ0v) is 28.7. The molecule has 260 valence electrons. The van der Waals surface area contributed by atoms with Crippen LogP contribution in [0, 0.1) is 0 Å². The van der Waals surface area contributed by atoms with E-state index in [0.717, 1.165) is 21.9 Å². The van der Waals surface area contributed by atoms with Gasteiger partial charge in [0.2, 0.25) is 0 Å². The summed E-state index contributed by atoms with van der Waals surface area (Å²) in [4.78, 5) is 0. The van der Waals surface area contributed by atoms with Gasteiger partial charge in [-0.3, -0.25) is 0 Å². The van der Waals surface area contributed by atoms with E-state index in [1.54, 1.807) is 24.3 Å². The fourth-order valence-corrected chi connectivity index (χ4v) is 7.54. The molecule has 2 aromatic heterocycles. The summed E-state index contributed by atoms with van der Waals surface area (Å²) in [6, 6.07) is 5.10. The zero-order chi connectivity index (χ0) is 55.0. The van der Waals surface area contributed by atoms with E-state index in [9.17, 15) is 15.1 Å². The molecule has 0 spiro atoms. The maximum Gasteiger partial charge on any atom is 0.136 e. The molecule has 2 heterocycles. The molecule has 0 aliphatic heterocycles. The van der Waals surface area contributed by atoms with Gasteiger partial charge < -0.3 is 8.83 Å². The number of para-hydroxylation sites is 1. The Kier molecular flexibility index (Phi) is 3.64. The number of rotatable bonds is 4. The summed E-state index contributed by atoms with van der Waals surface area (Å²) in [6.07, 6.45) is 0. The van der Waals surface area contributed by atoms with Gasteiger partial charge in [-0.25, -0.2) is 0 Å². The lowest BCUT2D eigenvalue weighted by atomic mass is 9.85. The second-order valence-corrected chi connectivity index (χ2v) is 13.2. The lowest BCUT2D eigenvalue weighted by Crippen LogP contribution is -1.91. The summed E-state index contributed by atoms with van der Waals surface area (Å²) in [5.74, 6) is 0. The highest BCUT2D eigenvalue weighted by Crippen LogP contribution is 2.45. The number of fused-ring (bicyclic) bond motifs is 10. The molecule has 10 aromatic carbocycles. The molecule has 2 heteroatoms. The summed E-state index contributed by atoms with van der Waals surface area (Å²) < 4.78 is 203. The van der Waals surface area contributed by atoms with E-state index in [4.69, 9.17) is 22.5 Å². The van der Waals surface area contributed by atoms with Crippen LogP contribution in [0.3, 0.4) is 0 Å². The van der Waals surface area contributed by atoms with Crippen molar-refractivity contribution in [2.45, 2.75) is 0 Å². The van der Waals surface area contributed by atoms with Gasteiger partial charge in [0.05, 0.1) is 28.8 Å². The third-order valence-corrected chi connectivity index (χ3v) is 10.1. The lowest BCUT2D eigenvalue weighted by Gasteiger charge is -2.18. The molecule has 0 saturated heterocycles. The van der Waals surface area contributed by atoms with Crippen molar-refractivity contribution in [3.8, 4) is 44.5 Å². The van der Waals surface area contributed by atoms with Crippen molar-refractivity contribution in [2.75, 3.05) is 0 Å². The van der Waals surface area contributed by atoms with Crippen LogP contribution in [0.4, 0.5) is 0 Å². The van der Waals surface area contributed by atoms with Crippen molar-refractivity contribution in [3.05, 3.63) is 194 Å². The van der Waals surface area contributed by atoms with E-state index in [0.29, 0.717) is 0 Å². The minimum absolute atomic E-state index is 0.0241. The molecule has 0 bridgehead atoms. The maximum absolute atomic E-state index is 9.66. The summed E-state index contributed by atoms with van der Waals surface area (Å²) in [6.45, 7) is 0. The van der Waals surface area contributed by atoms with Crippen LogP contribution in [-0.4, -0.2) is 0 Å². The number of hydrogen-bond donors (Lipinski definition) is 0. The zero-order valence-electron chi connectivity index (χ0n) is 49.7. The monoisotopic (exact) mass is 733 g/mol. The van der Waals surface area contributed by atoms with Crippen LogP contribution in [0.5, 0.6) is 0 Å². The van der Waals surface area contributed by atoms with Crippen molar-refractivity contribution in [1.29, 1.82) is 0 Å². The van der Waals surface area contributed by atoms with Crippen molar-refractivity contribution in [3.63, 3.8) is 0 Å². The number of furan rings is 2. The van der Waals surface area contributed by atoms with Crippen molar-refractivity contribution >= 4 is 76.2 Å². The summed E-state index contributed by atoms with van der Waals surface area (Å²) >= 11 is 0. The Morgan fingerprint density at radius 1 is 0.321 bits per heavy atom. The van der Waals surface area contributed by atoms with Crippen molar-refractivity contribution in [2.24, 2.45) is 0 Å². The second kappa shape index (κ2) is 12.0. The van der Waals surface area contributed by atoms with Gasteiger partial charge in [-0.05, 0) is 113 Å². The van der Waals surface area contributed by atoms with Gasteiger partial charge in [0.25, 0.3) is 0 Å². The standard InChI is InChI=1S/C54H32O2/c1-2-10-38-31-39(26-21-33(38)9-1)34-17-22-36(23-18-34)51-41-11-3-5-13-43(41)52(44-14-6-4-12-42(44)51)37-24-19-35(20-25-37)40-27-28-46-50(32-40)56-49-30-29-48-53(54(46)49)45-15-7-8-16-47(45)55-48/h1-32H/i3D,4D,5D,6D,7D,8D,11D,12D,13D,14D,15D,16D,19D,20D,24D,25D,27D,28D,29D,30D,32D. The van der Waals surface area contributed by atoms with Crippen molar-refractivity contribution < 1.29 is 37.6 Å². The van der Waals surface area contributed by atoms with Crippen LogP contribution >= 0.6 is 0 Å². The van der Waals surface area contributed by atoms with Gasteiger partial charge in [0.1, 0.15) is 22.3 Å². The summed E-state index contributed by atoms with van der Waals surface area (Å²) in [5, 5.41) is -0.171. The molecule has 0 aliphatic carbocycles. The quantitative estimate of drug-likeness (QED) is 0.168. The van der Waals surface area contributed by atoms with E-state index in [1.807, 2.05) is 42.5 Å². The largest absolute Gasteiger partial charge is 0.456 e. The second-order valence-electron chi connectivity index (χ2n) is 13.2. The Hall–Kier alpha value is -7.42. The van der Waals surface area contributed by atoms with E-state index < -0.39 is 171 Å². The first kappa shape index (κ1) is 16.9. The predicted molar refractivity (Wildman–Crippen MR) is 235 cm³/mol. The van der Waals surface area contributed by atoms with Crippen LogP contribution in [0.25, 0.3) is 121 Å². The summed E-state index contributed by atoms with van der Waals surface area (Å²) in [5.41, 5.74) is -2.29. The normalized spacial score (nSPS) is 17.2. The lowest BCUT2D eigenvalue weighted by molar-refractivity contribution is 0.663. The molecule has 0 N–H and O–H groups in total. The average Bonchev–Trinajstić information content (AvgIpc) is 4.19. The highest BCUT2D eigenvalue weighted by Gasteiger charge is 2.19. The predicted octanol–water partition coefficient (Wildman–Crippen LogP) is 15.6. The Morgan fingerprint density at radius 3 is 1.50 bits per heavy atom. The van der Waals surface area contributed by atoms with Crippen molar-refractivity contribution in [1.82, 2.24) is 0 Å². The molecule has 12 aromatic rings. The molecule has 0 radical (unpaired) electrons. The molecule has 12 rings (SSSR count). The fourth-order valence-electron chi connectivity index (χ4n) is 7.54. The Morgan fingerprint density at radius 2 is 0.821 bits per heavy atom. The summed E-state index contributed by atoms with van der Waals surface area (Å²) in [7, 11) is 0. The van der Waals surface area contributed by atoms with Gasteiger partial charge in [0.15, 0.2) is 0 Å². The van der Waals surface area contributed by atoms with Crippen LogP contribution in [-0.2, 0) is 0 Å². The van der Waals surface area contributed by atoms with E-state index >= 15 is 0 Å². The van der Waals surface area contributed by atoms with Crippen LogP contribution in [0.1, 0.15) is 28.8 Å². The van der Waals surface area contributed by atoms with Gasteiger partial charge >= 0.3 is 0 Å². The molecule has 0 unspecified atom stereocenters. The van der Waals surface area contributed by atoms with Gasteiger partial charge in [-0.1, -0.05) is 157 Å². The van der Waals surface area contributed by atoms with Crippen LogP contribution in [0.15, 0.2) is 202 Å². The smallest absolute Gasteiger partial charge is 0.136 e. The minimum atomic E-state index is -0.928. The Labute approximate surface area is 352 Å². The highest BCUT2D eigenvalue weighted by molar-refractivity contribution is 6.26. The first-order valence-electron chi connectivity index (χ1n) is 28.0. The SMILES string of the molecule is [2H]c1c([2H])c(-c2c3c([2H])c([2H])c([2H])c([2H])c3c(-c3ccc(-c4ccc5ccccc5c4)cc3)c3c([2H])c([2H])c([2H])c([2H])c23)c([2H])c([2H])c1-c1c([2H])c([2H])c2c(oc3c([2H])c([2H])c4oc5c([2H])c([2H])c([2H])c([2H])c5c4c32)c1[2H]. The Bertz CT molecular complexity index is 4640. The van der Waals surface area contributed by atoms with E-state index in [1.165, 1.54) is 0 Å². The molecule has 56 heavy (non-hydrogen) atoms. The average molecular weight is 734 g/mol. The topological polar surface area (TPSA) is 26.3 Å². The minimum Gasteiger partial charge on any atom is -0.456 e. The molecule has 0 atom stereocenters. The molecule has 0 saturated carbocycles. The Balaban J connectivity index is 1.15. The first-order chi connectivity index (χ1) is 36.5. The molecular weight excluding hydrogens is 681 g/mol. The maximum atomic E-state index is 9.66. The molecule has 2 nitrogen and oxygen atoms in total. The highest BCUT2D eigenvalue weighted by atomic mass is 16.3. The molecule has 0 fully saturated rings. The number of benzene rings is 10. The molecule has 0 amide bonds. The van der Waals surface area contributed by atoms with Gasteiger partial charge in [-0.2, -0.15) is 0 Å². The van der Waals surface area contributed by atoms with Gasteiger partial charge in [-0.15, -0.1) is 0 Å². The fraction of sp³-hybridized carbons (Fsp3) is 0. The third kappa shape index (κ3) is 4.69. The van der Waals surface area contributed by atoms with Crippen LogP contribution in [0.2, 0.25) is 0 Å². The van der Waals surface area contributed by atoms with E-state index in [-0.39, 0.29) is 54.6 Å². The molecule has 0 aliphatic rings. The third-order valence-electron chi connectivity index (χ3n) is 10.1. The number of hydrogen-bond acceptors (Lipinski definition) is 2. The first-order valence-corrected chi connectivity index (χ1v) is 17.5. The van der Waals surface area contributed by atoms with E-state index in [2.05, 4.69) is 0 Å². The molecular formula is C54H32O2. The van der Waals surface area contributed by atoms with Gasteiger partial charge in [0, 0.05) is 21.5 Å².